The predicted molar refractivity (Wildman–Crippen MR) is 66.6 cm³/mol. The fourth-order valence-electron chi connectivity index (χ4n) is 0.906. The molecule has 1 atom stereocenters. The average molecular weight is 382 g/mol. The van der Waals surface area contributed by atoms with Gasteiger partial charge >= 0.3 is 0 Å². The van der Waals surface area contributed by atoms with Gasteiger partial charge in [0.2, 0.25) is 0 Å². The van der Waals surface area contributed by atoms with Gasteiger partial charge in [0.05, 0.1) is 8.04 Å². The molecule has 3 heteroatoms. The van der Waals surface area contributed by atoms with Gasteiger partial charge in [-0.3, -0.25) is 0 Å². The summed E-state index contributed by atoms with van der Waals surface area (Å²) < 4.78 is 0.367. The van der Waals surface area contributed by atoms with Crippen molar-refractivity contribution in [3.05, 3.63) is 0 Å². The zero-order valence-electron chi connectivity index (χ0n) is 6.89. The lowest BCUT2D eigenvalue weighted by Gasteiger charge is -2.10. The zero-order chi connectivity index (χ0) is 8.69. The van der Waals surface area contributed by atoms with Crippen molar-refractivity contribution in [3.8, 4) is 0 Å². The summed E-state index contributed by atoms with van der Waals surface area (Å²) in [4.78, 5) is 0. The van der Waals surface area contributed by atoms with Crippen molar-refractivity contribution >= 4 is 45.2 Å². The zero-order valence-corrected chi connectivity index (χ0v) is 11.2. The molecule has 1 N–H and O–H groups in total. The lowest BCUT2D eigenvalue weighted by Crippen LogP contribution is -2.13. The summed E-state index contributed by atoms with van der Waals surface area (Å²) in [5.74, 6) is 0. The van der Waals surface area contributed by atoms with E-state index in [9.17, 15) is 5.11 Å². The van der Waals surface area contributed by atoms with Gasteiger partial charge in [-0.25, -0.2) is 0 Å². The molecule has 0 fully saturated rings. The first-order valence-electron chi connectivity index (χ1n) is 4.14. The van der Waals surface area contributed by atoms with Gasteiger partial charge in [0.1, 0.15) is 0 Å². The van der Waals surface area contributed by atoms with Crippen LogP contribution in [0.15, 0.2) is 0 Å². The van der Waals surface area contributed by atoms with Crippen molar-refractivity contribution in [2.45, 2.75) is 47.1 Å². The highest BCUT2D eigenvalue weighted by molar-refractivity contribution is 14.2. The molecule has 1 nitrogen and oxygen atoms in total. The number of aliphatic hydroxyl groups excluding tert-OH is 1. The second-order valence-corrected chi connectivity index (χ2v) is 7.82. The molecule has 0 radical (unpaired) electrons. The van der Waals surface area contributed by atoms with E-state index in [4.69, 9.17) is 0 Å². The molecule has 0 amide bonds. The van der Waals surface area contributed by atoms with Crippen LogP contribution < -0.4 is 0 Å². The Morgan fingerprint density at radius 1 is 1.18 bits per heavy atom. The van der Waals surface area contributed by atoms with Crippen molar-refractivity contribution in [2.75, 3.05) is 0 Å². The standard InChI is InChI=1S/C8H16I2O/c1-2-3-4-5-6-7(11)8(9)10/h7-8,11H,2-6H2,1H3. The van der Waals surface area contributed by atoms with E-state index in [0.29, 0.717) is 1.93 Å². The molecule has 0 rings (SSSR count). The minimum absolute atomic E-state index is 0.104. The molecule has 0 aliphatic rings. The maximum Gasteiger partial charge on any atom is 0.0884 e. The van der Waals surface area contributed by atoms with Crippen LogP contribution in [0, 0.1) is 0 Å². The summed E-state index contributed by atoms with van der Waals surface area (Å²) in [6.07, 6.45) is 5.89. The summed E-state index contributed by atoms with van der Waals surface area (Å²) in [7, 11) is 0. The number of alkyl halides is 2. The van der Waals surface area contributed by atoms with Crippen molar-refractivity contribution < 1.29 is 5.11 Å². The van der Waals surface area contributed by atoms with Gasteiger partial charge in [-0.15, -0.1) is 0 Å². The van der Waals surface area contributed by atoms with Crippen LogP contribution in [-0.4, -0.2) is 13.1 Å². The number of rotatable bonds is 6. The van der Waals surface area contributed by atoms with Crippen LogP contribution in [0.4, 0.5) is 0 Å². The van der Waals surface area contributed by atoms with E-state index in [0.717, 1.165) is 6.42 Å². The van der Waals surface area contributed by atoms with Crippen LogP contribution in [0.1, 0.15) is 39.0 Å². The first kappa shape index (κ1) is 12.4. The molecule has 0 aromatic carbocycles. The molecule has 0 bridgehead atoms. The molecular weight excluding hydrogens is 366 g/mol. The molecule has 68 valence electrons. The minimum atomic E-state index is -0.104. The second-order valence-electron chi connectivity index (χ2n) is 2.75. The summed E-state index contributed by atoms with van der Waals surface area (Å²) in [6.45, 7) is 2.20. The van der Waals surface area contributed by atoms with Crippen LogP contribution in [0.25, 0.3) is 0 Å². The Balaban J connectivity index is 3.10. The first-order valence-corrected chi connectivity index (χ1v) is 6.63. The maximum atomic E-state index is 9.41. The van der Waals surface area contributed by atoms with Gasteiger partial charge in [-0.2, -0.15) is 0 Å². The summed E-state index contributed by atoms with van der Waals surface area (Å²) in [6, 6.07) is 0. The molecule has 0 aromatic heterocycles. The van der Waals surface area contributed by atoms with E-state index in [1.165, 1.54) is 25.7 Å². The average Bonchev–Trinajstić information content (AvgIpc) is 1.97. The SMILES string of the molecule is CCCCCCC(O)C(I)I. The quantitative estimate of drug-likeness (QED) is 0.424. The van der Waals surface area contributed by atoms with Crippen molar-refractivity contribution in [3.63, 3.8) is 0 Å². The third-order valence-corrected chi connectivity index (χ3v) is 3.30. The molecular formula is C8H16I2O. The fraction of sp³-hybridized carbons (Fsp3) is 1.00. The largest absolute Gasteiger partial charge is 0.391 e. The Kier molecular flexibility index (Phi) is 9.08. The van der Waals surface area contributed by atoms with Gasteiger partial charge in [0.15, 0.2) is 0 Å². The Morgan fingerprint density at radius 3 is 2.27 bits per heavy atom. The summed E-state index contributed by atoms with van der Waals surface area (Å²) >= 11 is 4.53. The van der Waals surface area contributed by atoms with Crippen molar-refractivity contribution in [1.29, 1.82) is 0 Å². The molecule has 0 aliphatic carbocycles. The molecule has 0 spiro atoms. The lowest BCUT2D eigenvalue weighted by molar-refractivity contribution is 0.184. The molecule has 0 aromatic rings. The molecule has 0 saturated carbocycles. The van der Waals surface area contributed by atoms with E-state index in [1.54, 1.807) is 0 Å². The Bertz CT molecular complexity index is 86.2. The number of hydrogen-bond acceptors (Lipinski definition) is 1. The Labute approximate surface area is 96.6 Å². The highest BCUT2D eigenvalue weighted by Gasteiger charge is 2.10. The minimum Gasteiger partial charge on any atom is -0.391 e. The molecule has 11 heavy (non-hydrogen) atoms. The fourth-order valence-corrected chi connectivity index (χ4v) is 1.63. The molecule has 0 heterocycles. The number of hydrogen-bond donors (Lipinski definition) is 1. The molecule has 0 saturated heterocycles. The highest BCUT2D eigenvalue weighted by Crippen LogP contribution is 2.19. The second kappa shape index (κ2) is 8.04. The Hall–Kier alpha value is 1.42. The van der Waals surface area contributed by atoms with Gasteiger partial charge in [-0.1, -0.05) is 77.8 Å². The van der Waals surface area contributed by atoms with E-state index < -0.39 is 0 Å². The monoisotopic (exact) mass is 382 g/mol. The van der Waals surface area contributed by atoms with Gasteiger partial charge in [0, 0.05) is 0 Å². The van der Waals surface area contributed by atoms with Crippen LogP contribution in [0.5, 0.6) is 0 Å². The lowest BCUT2D eigenvalue weighted by atomic mass is 10.1. The van der Waals surface area contributed by atoms with E-state index in [-0.39, 0.29) is 6.10 Å². The van der Waals surface area contributed by atoms with Crippen LogP contribution in [0.3, 0.4) is 0 Å². The number of unbranched alkanes of at least 4 members (excludes halogenated alkanes) is 3. The van der Waals surface area contributed by atoms with Crippen LogP contribution >= 0.6 is 45.2 Å². The molecule has 1 unspecified atom stereocenters. The van der Waals surface area contributed by atoms with Gasteiger partial charge in [-0.05, 0) is 6.42 Å². The number of aliphatic hydroxyl groups is 1. The highest BCUT2D eigenvalue weighted by atomic mass is 127. The Morgan fingerprint density at radius 2 is 1.82 bits per heavy atom. The van der Waals surface area contributed by atoms with E-state index in [2.05, 4.69) is 52.1 Å². The van der Waals surface area contributed by atoms with Gasteiger partial charge in [0.25, 0.3) is 0 Å². The number of halogens is 2. The predicted octanol–water partition coefficient (Wildman–Crippen LogP) is 3.51. The normalized spacial score (nSPS) is 13.9. The van der Waals surface area contributed by atoms with Crippen LogP contribution in [-0.2, 0) is 0 Å². The summed E-state index contributed by atoms with van der Waals surface area (Å²) in [5.41, 5.74) is 0. The third kappa shape index (κ3) is 7.77. The van der Waals surface area contributed by atoms with E-state index >= 15 is 0 Å². The smallest absolute Gasteiger partial charge is 0.0884 e. The third-order valence-electron chi connectivity index (χ3n) is 1.64. The van der Waals surface area contributed by atoms with Gasteiger partial charge < -0.3 is 5.11 Å². The topological polar surface area (TPSA) is 20.2 Å². The maximum absolute atomic E-state index is 9.41. The van der Waals surface area contributed by atoms with Crippen molar-refractivity contribution in [1.82, 2.24) is 0 Å². The molecule has 0 aliphatic heterocycles. The summed E-state index contributed by atoms with van der Waals surface area (Å²) in [5, 5.41) is 9.41. The van der Waals surface area contributed by atoms with Crippen LogP contribution in [0.2, 0.25) is 0 Å². The van der Waals surface area contributed by atoms with E-state index in [1.807, 2.05) is 0 Å². The first-order chi connectivity index (χ1) is 5.18. The van der Waals surface area contributed by atoms with Crippen molar-refractivity contribution in [2.24, 2.45) is 0 Å².